The largest absolute Gasteiger partial charge is 0.459 e. The first-order chi connectivity index (χ1) is 16.4. The van der Waals surface area contributed by atoms with Crippen molar-refractivity contribution in [3.63, 3.8) is 0 Å². The summed E-state index contributed by atoms with van der Waals surface area (Å²) in [5, 5.41) is 20.7. The predicted octanol–water partition coefficient (Wildman–Crippen LogP) is 4.83. The number of likely N-dealkylation sites (N-methyl/N-ethyl adjacent to an activating group) is 1. The molecule has 1 rings (SSSR count). The number of hydrogen-bond donors (Lipinski definition) is 2. The van der Waals surface area contributed by atoms with E-state index in [1.165, 1.54) is 38.5 Å². The van der Waals surface area contributed by atoms with Crippen LogP contribution in [0.3, 0.4) is 0 Å². The van der Waals surface area contributed by atoms with Gasteiger partial charge >= 0.3 is 5.97 Å². The maximum atomic E-state index is 12.0. The molecule has 0 aliphatic heterocycles. The minimum atomic E-state index is -0.759. The molecule has 0 aromatic rings. The van der Waals surface area contributed by atoms with Gasteiger partial charge in [-0.15, -0.1) is 0 Å². The molecule has 0 saturated heterocycles. The number of carbonyl (C=O) groups is 2. The number of ether oxygens (including phenoxy) is 1. The lowest BCUT2D eigenvalue weighted by molar-refractivity contribution is -0.154. The number of ketones is 1. The highest BCUT2D eigenvalue weighted by Crippen LogP contribution is 2.36. The van der Waals surface area contributed by atoms with Gasteiger partial charge in [0.2, 0.25) is 5.78 Å². The quantitative estimate of drug-likeness (QED) is 0.119. The smallest absolute Gasteiger partial charge is 0.374 e. The van der Waals surface area contributed by atoms with Crippen molar-refractivity contribution in [3.8, 4) is 0 Å². The van der Waals surface area contributed by atoms with E-state index in [9.17, 15) is 19.8 Å². The Labute approximate surface area is 207 Å². The molecule has 0 radical (unpaired) electrons. The Morgan fingerprint density at radius 3 is 2.32 bits per heavy atom. The maximum Gasteiger partial charge on any atom is 0.374 e. The third-order valence-electron chi connectivity index (χ3n) is 6.87. The van der Waals surface area contributed by atoms with E-state index in [0.717, 1.165) is 19.5 Å². The second-order valence-corrected chi connectivity index (χ2v) is 9.43. The number of esters is 1. The van der Waals surface area contributed by atoms with Crippen LogP contribution in [0, 0.1) is 11.8 Å². The van der Waals surface area contributed by atoms with Crippen LogP contribution in [0.25, 0.3) is 0 Å². The van der Waals surface area contributed by atoms with Gasteiger partial charge in [0.25, 0.3) is 0 Å². The summed E-state index contributed by atoms with van der Waals surface area (Å²) < 4.78 is 5.07. The molecule has 4 atom stereocenters. The second-order valence-electron chi connectivity index (χ2n) is 9.43. The molecular weight excluding hydrogens is 430 g/mol. The summed E-state index contributed by atoms with van der Waals surface area (Å²) >= 11 is 0. The summed E-state index contributed by atoms with van der Waals surface area (Å²) in [4.78, 5) is 25.9. The average Bonchev–Trinajstić information content (AvgIpc) is 3.09. The van der Waals surface area contributed by atoms with E-state index in [1.807, 2.05) is 26.0 Å². The third-order valence-corrected chi connectivity index (χ3v) is 6.87. The molecule has 2 unspecified atom stereocenters. The highest BCUT2D eigenvalue weighted by molar-refractivity contribution is 6.33. The van der Waals surface area contributed by atoms with Gasteiger partial charge < -0.3 is 19.8 Å². The number of rotatable bonds is 19. The number of Topliss-reactive ketones (excluding diaryl/α,β-unsaturated/α-hetero) is 1. The van der Waals surface area contributed by atoms with Crippen LogP contribution in [0.15, 0.2) is 24.3 Å². The summed E-state index contributed by atoms with van der Waals surface area (Å²) in [6.45, 7) is 8.95. The van der Waals surface area contributed by atoms with Gasteiger partial charge in [-0.25, -0.2) is 4.79 Å². The molecule has 6 heteroatoms. The van der Waals surface area contributed by atoms with Crippen molar-refractivity contribution < 1.29 is 24.5 Å². The number of hydrogen-bond acceptors (Lipinski definition) is 6. The second kappa shape index (κ2) is 18.8. The van der Waals surface area contributed by atoms with Crippen LogP contribution < -0.4 is 0 Å². The van der Waals surface area contributed by atoms with Crippen molar-refractivity contribution in [3.05, 3.63) is 24.3 Å². The van der Waals surface area contributed by atoms with Gasteiger partial charge in [-0.1, -0.05) is 77.2 Å². The highest BCUT2D eigenvalue weighted by Gasteiger charge is 2.39. The zero-order valence-electron chi connectivity index (χ0n) is 21.8. The predicted molar refractivity (Wildman–Crippen MR) is 137 cm³/mol. The fraction of sp³-hybridized carbons (Fsp3) is 0.786. The zero-order valence-corrected chi connectivity index (χ0v) is 21.8. The normalized spacial score (nSPS) is 22.9. The number of aliphatic hydroxyl groups excluding tert-OH is 2. The van der Waals surface area contributed by atoms with Crippen LogP contribution in [0.1, 0.15) is 91.4 Å². The molecule has 0 bridgehead atoms. The molecular formula is C28H49NO5. The number of aliphatic hydroxyl groups is 2. The summed E-state index contributed by atoms with van der Waals surface area (Å²) in [7, 11) is 0. The van der Waals surface area contributed by atoms with E-state index in [4.69, 9.17) is 4.74 Å². The molecule has 0 spiro atoms. The molecule has 1 aliphatic carbocycles. The summed E-state index contributed by atoms with van der Waals surface area (Å²) in [6.07, 6.45) is 17.3. The molecule has 196 valence electrons. The van der Waals surface area contributed by atoms with E-state index < -0.39 is 24.0 Å². The Hall–Kier alpha value is -1.50. The standard InChI is InChI=1S/C28H49NO5/c1-4-7-8-9-10-11-12-14-17-23-24(27(32)22-26(23)31)18-15-13-16-19-25(30)28(33)34-21-20-29(5-2)6-3/h13-15,17,23-24,26-27,31-32H,4-12,16,18-22H2,1-3H3/t23-,24-,26?,27?/m1/s1. The highest BCUT2D eigenvalue weighted by atomic mass is 16.5. The van der Waals surface area contributed by atoms with E-state index in [1.54, 1.807) is 0 Å². The first-order valence-corrected chi connectivity index (χ1v) is 13.5. The summed E-state index contributed by atoms with van der Waals surface area (Å²) in [6, 6.07) is 0. The summed E-state index contributed by atoms with van der Waals surface area (Å²) in [5.41, 5.74) is 0. The number of nitrogens with zero attached hydrogens (tertiary/aromatic N) is 1. The van der Waals surface area contributed by atoms with Gasteiger partial charge in [-0.3, -0.25) is 4.79 Å². The monoisotopic (exact) mass is 479 g/mol. The van der Waals surface area contributed by atoms with E-state index in [2.05, 4.69) is 24.0 Å². The Morgan fingerprint density at radius 1 is 0.912 bits per heavy atom. The molecule has 34 heavy (non-hydrogen) atoms. The molecule has 0 amide bonds. The lowest BCUT2D eigenvalue weighted by atomic mass is 9.89. The van der Waals surface area contributed by atoms with Crippen molar-refractivity contribution in [2.24, 2.45) is 11.8 Å². The lowest BCUT2D eigenvalue weighted by Gasteiger charge is -2.19. The van der Waals surface area contributed by atoms with Crippen LogP contribution in [0.4, 0.5) is 0 Å². The average molecular weight is 480 g/mol. The number of allylic oxidation sites excluding steroid dienone is 3. The van der Waals surface area contributed by atoms with Crippen LogP contribution in [-0.4, -0.2) is 65.3 Å². The first-order valence-electron chi connectivity index (χ1n) is 13.5. The van der Waals surface area contributed by atoms with Crippen molar-refractivity contribution in [2.75, 3.05) is 26.2 Å². The Kier molecular flexibility index (Phi) is 16.9. The molecule has 1 saturated carbocycles. The van der Waals surface area contributed by atoms with Crippen LogP contribution in [0.5, 0.6) is 0 Å². The number of carbonyl (C=O) groups excluding carboxylic acids is 2. The SMILES string of the molecule is CCCCCCCCC=C[C@H]1C(O)CC(O)[C@@H]1CC=CCCC(=O)C(=O)OCCN(CC)CC. The van der Waals surface area contributed by atoms with Gasteiger partial charge in [0.05, 0.1) is 12.2 Å². The molecule has 1 aliphatic rings. The Balaban J connectivity index is 2.32. The molecule has 1 fully saturated rings. The van der Waals surface area contributed by atoms with Crippen LogP contribution >= 0.6 is 0 Å². The van der Waals surface area contributed by atoms with Gasteiger partial charge in [0, 0.05) is 25.3 Å². The summed E-state index contributed by atoms with van der Waals surface area (Å²) in [5.74, 6) is -1.32. The third kappa shape index (κ3) is 12.3. The number of unbranched alkanes of at least 4 members (excludes halogenated alkanes) is 6. The van der Waals surface area contributed by atoms with Gasteiger partial charge in [-0.2, -0.15) is 0 Å². The van der Waals surface area contributed by atoms with Crippen molar-refractivity contribution in [2.45, 2.75) is 104 Å². The minimum Gasteiger partial charge on any atom is -0.459 e. The van der Waals surface area contributed by atoms with E-state index >= 15 is 0 Å². The van der Waals surface area contributed by atoms with Gasteiger partial charge in [-0.05, 0) is 44.7 Å². The fourth-order valence-electron chi connectivity index (χ4n) is 4.58. The van der Waals surface area contributed by atoms with Gasteiger partial charge in [0.15, 0.2) is 0 Å². The molecule has 0 heterocycles. The molecule has 0 aromatic carbocycles. The van der Waals surface area contributed by atoms with Gasteiger partial charge in [0.1, 0.15) is 6.61 Å². The fourth-order valence-corrected chi connectivity index (χ4v) is 4.58. The topological polar surface area (TPSA) is 87.1 Å². The zero-order chi connectivity index (χ0) is 25.2. The van der Waals surface area contributed by atoms with Crippen molar-refractivity contribution >= 4 is 11.8 Å². The van der Waals surface area contributed by atoms with Crippen molar-refractivity contribution in [1.29, 1.82) is 0 Å². The lowest BCUT2D eigenvalue weighted by Crippen LogP contribution is -2.29. The first kappa shape index (κ1) is 30.5. The maximum absolute atomic E-state index is 12.0. The Morgan fingerprint density at radius 2 is 1.62 bits per heavy atom. The molecule has 6 nitrogen and oxygen atoms in total. The molecule has 0 aromatic heterocycles. The Bertz CT molecular complexity index is 614. The minimum absolute atomic E-state index is 0.0206. The van der Waals surface area contributed by atoms with E-state index in [0.29, 0.717) is 25.8 Å². The molecule has 2 N–H and O–H groups in total. The van der Waals surface area contributed by atoms with Crippen LogP contribution in [-0.2, 0) is 14.3 Å². The van der Waals surface area contributed by atoms with Crippen molar-refractivity contribution in [1.82, 2.24) is 4.90 Å². The van der Waals surface area contributed by atoms with E-state index in [-0.39, 0.29) is 24.9 Å². The van der Waals surface area contributed by atoms with Crippen LogP contribution in [0.2, 0.25) is 0 Å².